The number of rotatable bonds is 5. The normalized spacial score (nSPS) is 21.9. The molecule has 2 heterocycles. The van der Waals surface area contributed by atoms with E-state index in [4.69, 9.17) is 4.74 Å². The highest BCUT2D eigenvalue weighted by Gasteiger charge is 2.36. The maximum Gasteiger partial charge on any atom is 0.256 e. The largest absolute Gasteiger partial charge is 0.490 e. The van der Waals surface area contributed by atoms with Gasteiger partial charge in [-0.2, -0.15) is 0 Å². The SMILES string of the molecule is CN1CCN(C(=O)C[C@H]2CN(C(=O)c3ccccc3F)CC[C@@H]2Oc2ccccc2)CC1. The van der Waals surface area contributed by atoms with Gasteiger partial charge in [0.25, 0.3) is 5.91 Å². The summed E-state index contributed by atoms with van der Waals surface area (Å²) in [6.45, 7) is 3.97. The van der Waals surface area contributed by atoms with Crippen LogP contribution in [-0.2, 0) is 4.79 Å². The van der Waals surface area contributed by atoms with Crippen molar-refractivity contribution >= 4 is 11.8 Å². The van der Waals surface area contributed by atoms with Crippen LogP contribution in [0.25, 0.3) is 0 Å². The number of nitrogens with zero attached hydrogens (tertiary/aromatic N) is 3. The van der Waals surface area contributed by atoms with Crippen molar-refractivity contribution in [2.45, 2.75) is 18.9 Å². The van der Waals surface area contributed by atoms with E-state index < -0.39 is 5.82 Å². The van der Waals surface area contributed by atoms with Crippen molar-refractivity contribution in [3.05, 3.63) is 66.0 Å². The molecule has 2 aromatic carbocycles. The Morgan fingerprint density at radius 1 is 0.938 bits per heavy atom. The zero-order chi connectivity index (χ0) is 22.5. The highest BCUT2D eigenvalue weighted by Crippen LogP contribution is 2.27. The van der Waals surface area contributed by atoms with E-state index in [0.29, 0.717) is 39.0 Å². The van der Waals surface area contributed by atoms with Crippen molar-refractivity contribution in [1.29, 1.82) is 0 Å². The standard InChI is InChI=1S/C25H30FN3O3/c1-27-13-15-28(16-14-27)24(30)17-19-18-29(25(31)21-9-5-6-10-22(21)26)12-11-23(19)32-20-7-3-2-4-8-20/h2-10,19,23H,11-18H2,1H3/t19-,23-/m0/s1. The average Bonchev–Trinajstić information content (AvgIpc) is 2.81. The number of ether oxygens (including phenoxy) is 1. The number of piperazine rings is 1. The Morgan fingerprint density at radius 3 is 2.34 bits per heavy atom. The summed E-state index contributed by atoms with van der Waals surface area (Å²) in [6.07, 6.45) is 0.719. The van der Waals surface area contributed by atoms with Gasteiger partial charge < -0.3 is 19.4 Å². The predicted molar refractivity (Wildman–Crippen MR) is 120 cm³/mol. The van der Waals surface area contributed by atoms with Crippen molar-refractivity contribution < 1.29 is 18.7 Å². The molecule has 0 aliphatic carbocycles. The predicted octanol–water partition coefficient (Wildman–Crippen LogP) is 2.90. The summed E-state index contributed by atoms with van der Waals surface area (Å²) < 4.78 is 20.4. The first kappa shape index (κ1) is 22.3. The van der Waals surface area contributed by atoms with Gasteiger partial charge in [-0.1, -0.05) is 30.3 Å². The molecule has 2 aliphatic rings. The molecule has 0 spiro atoms. The number of carbonyl (C=O) groups excluding carboxylic acids is 2. The summed E-state index contributed by atoms with van der Waals surface area (Å²) in [6, 6.07) is 15.6. The van der Waals surface area contributed by atoms with Crippen LogP contribution in [0, 0.1) is 11.7 Å². The molecule has 0 saturated carbocycles. The topological polar surface area (TPSA) is 53.1 Å². The highest BCUT2D eigenvalue weighted by atomic mass is 19.1. The van der Waals surface area contributed by atoms with Crippen molar-refractivity contribution in [2.24, 2.45) is 5.92 Å². The molecule has 2 aromatic rings. The number of benzene rings is 2. The monoisotopic (exact) mass is 439 g/mol. The molecule has 32 heavy (non-hydrogen) atoms. The molecular weight excluding hydrogens is 409 g/mol. The number of hydrogen-bond donors (Lipinski definition) is 0. The smallest absolute Gasteiger partial charge is 0.256 e. The summed E-state index contributed by atoms with van der Waals surface area (Å²) in [5.74, 6) is -0.177. The van der Waals surface area contributed by atoms with Gasteiger partial charge in [0.05, 0.1) is 5.56 Å². The molecule has 0 unspecified atom stereocenters. The maximum atomic E-state index is 14.2. The molecule has 0 bridgehead atoms. The van der Waals surface area contributed by atoms with Crippen LogP contribution in [0.5, 0.6) is 5.75 Å². The number of likely N-dealkylation sites (N-methyl/N-ethyl adjacent to an activating group) is 1. The van der Waals surface area contributed by atoms with Gasteiger partial charge in [0.15, 0.2) is 0 Å². The average molecular weight is 440 g/mol. The molecule has 4 rings (SSSR count). The first-order valence-corrected chi connectivity index (χ1v) is 11.2. The third-order valence-electron chi connectivity index (χ3n) is 6.38. The molecule has 170 valence electrons. The Balaban J connectivity index is 1.48. The fraction of sp³-hybridized carbons (Fsp3) is 0.440. The van der Waals surface area contributed by atoms with Crippen molar-refractivity contribution in [3.8, 4) is 5.75 Å². The lowest BCUT2D eigenvalue weighted by Gasteiger charge is -2.40. The number of para-hydroxylation sites is 1. The molecule has 2 saturated heterocycles. The third-order valence-corrected chi connectivity index (χ3v) is 6.38. The molecule has 0 N–H and O–H groups in total. The van der Waals surface area contributed by atoms with Crippen LogP contribution in [0.15, 0.2) is 54.6 Å². The second kappa shape index (κ2) is 10.1. The Labute approximate surface area is 188 Å². The van der Waals surface area contributed by atoms with Crippen LogP contribution < -0.4 is 4.74 Å². The lowest BCUT2D eigenvalue weighted by molar-refractivity contribution is -0.135. The van der Waals surface area contributed by atoms with E-state index in [1.807, 2.05) is 35.2 Å². The van der Waals surface area contributed by atoms with Crippen molar-refractivity contribution in [2.75, 3.05) is 46.3 Å². The fourth-order valence-corrected chi connectivity index (χ4v) is 4.43. The first-order chi connectivity index (χ1) is 15.5. The summed E-state index contributed by atoms with van der Waals surface area (Å²) in [5, 5.41) is 0. The van der Waals surface area contributed by atoms with Crippen LogP contribution in [0.4, 0.5) is 4.39 Å². The van der Waals surface area contributed by atoms with Crippen LogP contribution in [0.2, 0.25) is 0 Å². The van der Waals surface area contributed by atoms with Gasteiger partial charge in [0.2, 0.25) is 5.91 Å². The van der Waals surface area contributed by atoms with Crippen LogP contribution in [0.1, 0.15) is 23.2 Å². The molecular formula is C25H30FN3O3. The number of amides is 2. The minimum absolute atomic E-state index is 0.0686. The zero-order valence-corrected chi connectivity index (χ0v) is 18.5. The molecule has 6 nitrogen and oxygen atoms in total. The third kappa shape index (κ3) is 5.27. The molecule has 0 aromatic heterocycles. The number of carbonyl (C=O) groups is 2. The van der Waals surface area contributed by atoms with Crippen LogP contribution in [0.3, 0.4) is 0 Å². The van der Waals surface area contributed by atoms with E-state index >= 15 is 0 Å². The second-order valence-electron chi connectivity index (χ2n) is 8.64. The Bertz CT molecular complexity index is 931. The number of likely N-dealkylation sites (tertiary alicyclic amines) is 1. The van der Waals surface area contributed by atoms with Gasteiger partial charge >= 0.3 is 0 Å². The van der Waals surface area contributed by atoms with E-state index in [9.17, 15) is 14.0 Å². The van der Waals surface area contributed by atoms with E-state index in [-0.39, 0.29) is 29.4 Å². The summed E-state index contributed by atoms with van der Waals surface area (Å²) in [4.78, 5) is 31.8. The number of piperidine rings is 1. The molecule has 2 aliphatic heterocycles. The van der Waals surface area contributed by atoms with Gasteiger partial charge in [-0.25, -0.2) is 4.39 Å². The summed E-state index contributed by atoms with van der Waals surface area (Å²) in [5.41, 5.74) is 0.0686. The molecule has 2 atom stereocenters. The van der Waals surface area contributed by atoms with Crippen LogP contribution >= 0.6 is 0 Å². The first-order valence-electron chi connectivity index (χ1n) is 11.2. The van der Waals surface area contributed by atoms with Crippen molar-refractivity contribution in [1.82, 2.24) is 14.7 Å². The molecule has 2 fully saturated rings. The maximum absolute atomic E-state index is 14.2. The van der Waals surface area contributed by atoms with Gasteiger partial charge in [0, 0.05) is 58.0 Å². The zero-order valence-electron chi connectivity index (χ0n) is 18.5. The Kier molecular flexibility index (Phi) is 7.05. The van der Waals surface area contributed by atoms with Gasteiger partial charge in [-0.05, 0) is 31.3 Å². The van der Waals surface area contributed by atoms with E-state index in [1.165, 1.54) is 12.1 Å². The molecule has 7 heteroatoms. The highest BCUT2D eigenvalue weighted by molar-refractivity contribution is 5.94. The van der Waals surface area contributed by atoms with Gasteiger partial charge in [-0.3, -0.25) is 9.59 Å². The quantitative estimate of drug-likeness (QED) is 0.719. The van der Waals surface area contributed by atoms with Gasteiger partial charge in [0.1, 0.15) is 17.7 Å². The number of halogens is 1. The molecule has 0 radical (unpaired) electrons. The Hall–Kier alpha value is -2.93. The molecule has 2 amide bonds. The Morgan fingerprint density at radius 2 is 1.62 bits per heavy atom. The minimum Gasteiger partial charge on any atom is -0.490 e. The lowest BCUT2D eigenvalue weighted by Crippen LogP contribution is -2.51. The van der Waals surface area contributed by atoms with Crippen molar-refractivity contribution in [3.63, 3.8) is 0 Å². The van der Waals surface area contributed by atoms with Crippen LogP contribution in [-0.4, -0.2) is 78.9 Å². The van der Waals surface area contributed by atoms with E-state index in [0.717, 1.165) is 18.8 Å². The summed E-state index contributed by atoms with van der Waals surface area (Å²) in [7, 11) is 2.05. The number of hydrogen-bond acceptors (Lipinski definition) is 4. The van der Waals surface area contributed by atoms with E-state index in [2.05, 4.69) is 11.9 Å². The van der Waals surface area contributed by atoms with E-state index in [1.54, 1.807) is 17.0 Å². The lowest BCUT2D eigenvalue weighted by atomic mass is 9.90. The fourth-order valence-electron chi connectivity index (χ4n) is 4.43. The van der Waals surface area contributed by atoms with Gasteiger partial charge in [-0.15, -0.1) is 0 Å². The summed E-state index contributed by atoms with van der Waals surface area (Å²) >= 11 is 0. The minimum atomic E-state index is -0.523. The second-order valence-corrected chi connectivity index (χ2v) is 8.64.